The van der Waals surface area contributed by atoms with Crippen LogP contribution in [0.5, 0.6) is 11.5 Å². The highest BCUT2D eigenvalue weighted by atomic mass is 35.5. The van der Waals surface area contributed by atoms with Crippen molar-refractivity contribution in [3.63, 3.8) is 0 Å². The van der Waals surface area contributed by atoms with E-state index >= 15 is 0 Å². The lowest BCUT2D eigenvalue weighted by Gasteiger charge is -2.30. The fourth-order valence-corrected chi connectivity index (χ4v) is 4.60. The number of phenolic OH excluding ortho intramolecular Hbond substituents is 2. The number of aromatic nitrogens is 3. The normalized spacial score (nSPS) is 14.0. The molecular formula is C26H51ClFN11O3. The number of carbonyl (C=O) groups is 1. The molecule has 0 atom stereocenters. The highest BCUT2D eigenvalue weighted by molar-refractivity contribution is 6.06. The summed E-state index contributed by atoms with van der Waals surface area (Å²) >= 11 is 0. The van der Waals surface area contributed by atoms with E-state index in [1.165, 1.54) is 25.0 Å². The van der Waals surface area contributed by atoms with Crippen molar-refractivity contribution in [3.05, 3.63) is 47.8 Å². The number of hydrogen-bond acceptors (Lipinski definition) is 13. The summed E-state index contributed by atoms with van der Waals surface area (Å²) in [5.41, 5.74) is 0.393. The fourth-order valence-electron chi connectivity index (χ4n) is 4.60. The van der Waals surface area contributed by atoms with Crippen molar-refractivity contribution in [2.45, 2.75) is 38.5 Å². The molecule has 16 heteroatoms. The summed E-state index contributed by atoms with van der Waals surface area (Å²) in [4.78, 5) is 30.9. The van der Waals surface area contributed by atoms with Gasteiger partial charge in [-0.2, -0.15) is 15.0 Å². The maximum Gasteiger partial charge on any atom is 0.259 e. The molecule has 1 aromatic heterocycles. The molecular weight excluding hydrogens is 569 g/mol. The summed E-state index contributed by atoms with van der Waals surface area (Å²) < 4.78 is 13.5. The maximum atomic E-state index is 13.5. The SMILES string of the molecule is Cl.N.N.N.N.O=C(Nc1ccc(Nc2nc(N3CCCCC3)nc(N3CCCCC3)n2)cc1O)c1cc(F)ccc1O.[HH].[HH].[HH].[HH]. The topological polar surface area (TPSA) is 267 Å². The lowest BCUT2D eigenvalue weighted by Crippen LogP contribution is -2.34. The maximum absolute atomic E-state index is 13.5. The molecule has 5 rings (SSSR count). The molecule has 16 N–H and O–H groups in total. The second kappa shape index (κ2) is 17.1. The summed E-state index contributed by atoms with van der Waals surface area (Å²) in [6, 6.07) is 7.68. The summed E-state index contributed by atoms with van der Waals surface area (Å²) in [7, 11) is 0. The van der Waals surface area contributed by atoms with E-state index < -0.39 is 11.7 Å². The number of piperidine rings is 2. The van der Waals surface area contributed by atoms with Crippen molar-refractivity contribution >= 4 is 47.5 Å². The van der Waals surface area contributed by atoms with Crippen LogP contribution in [0.3, 0.4) is 0 Å². The van der Waals surface area contributed by atoms with Gasteiger partial charge in [-0.05, 0) is 68.9 Å². The quantitative estimate of drug-likeness (QED) is 0.138. The number of anilines is 5. The molecule has 3 aromatic rings. The largest absolute Gasteiger partial charge is 0.507 e. The molecule has 42 heavy (non-hydrogen) atoms. The van der Waals surface area contributed by atoms with Gasteiger partial charge in [0.25, 0.3) is 5.91 Å². The van der Waals surface area contributed by atoms with E-state index in [-0.39, 0.29) is 65.5 Å². The standard InChI is InChI=1S/C26H30FN7O3.ClH.4H3N.4H2/c27-17-7-10-21(35)19(15-17)23(37)29-20-9-8-18(16-22(20)36)28-24-30-25(33-11-3-1-4-12-33)32-26(31-24)34-13-5-2-6-14-34;;;;;;;;;/h7-10,15-16,35-36H,1-6,11-14H2,(H,29,37)(H,28,30,31,32);1H;4*1H3;4*1H. The van der Waals surface area contributed by atoms with Crippen LogP contribution in [0.1, 0.15) is 54.6 Å². The predicted octanol–water partition coefficient (Wildman–Crippen LogP) is 6.45. The van der Waals surface area contributed by atoms with Crippen molar-refractivity contribution in [1.29, 1.82) is 0 Å². The van der Waals surface area contributed by atoms with Gasteiger partial charge in [0.05, 0.1) is 11.3 Å². The van der Waals surface area contributed by atoms with Crippen LogP contribution in [0.15, 0.2) is 36.4 Å². The van der Waals surface area contributed by atoms with E-state index in [9.17, 15) is 19.4 Å². The Labute approximate surface area is 256 Å². The first-order valence-corrected chi connectivity index (χ1v) is 12.6. The van der Waals surface area contributed by atoms with Gasteiger partial charge >= 0.3 is 0 Å². The Bertz CT molecular complexity index is 1280. The number of nitrogens with zero attached hydrogens (tertiary/aromatic N) is 5. The predicted molar refractivity (Wildman–Crippen MR) is 175 cm³/mol. The van der Waals surface area contributed by atoms with Crippen LogP contribution < -0.4 is 45.0 Å². The third kappa shape index (κ3) is 8.99. The Hall–Kier alpha value is -4.02. The Morgan fingerprint density at radius 1 is 0.762 bits per heavy atom. The molecule has 0 unspecified atom stereocenters. The number of carbonyl (C=O) groups excluding carboxylic acids is 1. The van der Waals surface area contributed by atoms with Gasteiger partial charge in [-0.1, -0.05) is 0 Å². The molecule has 2 saturated heterocycles. The highest BCUT2D eigenvalue weighted by Crippen LogP contribution is 2.30. The zero-order valence-corrected chi connectivity index (χ0v) is 24.5. The summed E-state index contributed by atoms with van der Waals surface area (Å²) in [6.45, 7) is 3.61. The van der Waals surface area contributed by atoms with Gasteiger partial charge in [0.2, 0.25) is 17.8 Å². The fraction of sp³-hybridized carbons (Fsp3) is 0.385. The number of amides is 1. The molecule has 2 fully saturated rings. The second-order valence-corrected chi connectivity index (χ2v) is 9.33. The lowest BCUT2D eigenvalue weighted by atomic mass is 10.1. The van der Waals surface area contributed by atoms with Crippen molar-refractivity contribution in [2.75, 3.05) is 46.6 Å². The third-order valence-corrected chi connectivity index (χ3v) is 6.59. The van der Waals surface area contributed by atoms with Crippen LogP contribution >= 0.6 is 12.4 Å². The Morgan fingerprint density at radius 2 is 1.31 bits per heavy atom. The first kappa shape index (κ1) is 38.0. The number of hydrogen-bond donors (Lipinski definition) is 8. The molecule has 14 nitrogen and oxygen atoms in total. The number of halogens is 2. The zero-order chi connectivity index (χ0) is 25.8. The molecule has 0 radical (unpaired) electrons. The summed E-state index contributed by atoms with van der Waals surface area (Å²) in [5, 5.41) is 26.1. The number of benzene rings is 2. The van der Waals surface area contributed by atoms with E-state index in [0.29, 0.717) is 23.5 Å². The van der Waals surface area contributed by atoms with Gasteiger partial charge in [0.15, 0.2) is 0 Å². The van der Waals surface area contributed by atoms with Crippen LogP contribution in [-0.4, -0.2) is 57.3 Å². The molecule has 2 aliphatic rings. The van der Waals surface area contributed by atoms with Crippen LogP contribution in [0.25, 0.3) is 0 Å². The monoisotopic (exact) mass is 619 g/mol. The van der Waals surface area contributed by atoms with Gasteiger partial charge in [0.1, 0.15) is 17.3 Å². The van der Waals surface area contributed by atoms with Crippen molar-refractivity contribution in [2.24, 2.45) is 0 Å². The van der Waals surface area contributed by atoms with Crippen LogP contribution in [0.2, 0.25) is 0 Å². The van der Waals surface area contributed by atoms with Gasteiger partial charge in [0, 0.05) is 43.6 Å². The van der Waals surface area contributed by atoms with Crippen LogP contribution in [0, 0.1) is 5.82 Å². The molecule has 3 heterocycles. The van der Waals surface area contributed by atoms with Crippen molar-refractivity contribution in [3.8, 4) is 11.5 Å². The van der Waals surface area contributed by atoms with E-state index in [4.69, 9.17) is 4.98 Å². The van der Waals surface area contributed by atoms with Gasteiger partial charge in [-0.3, -0.25) is 4.79 Å². The van der Waals surface area contributed by atoms with Crippen LogP contribution in [0.4, 0.5) is 33.6 Å². The minimum atomic E-state index is -0.747. The molecule has 2 aliphatic heterocycles. The smallest absolute Gasteiger partial charge is 0.259 e. The average molecular weight is 620 g/mol. The third-order valence-electron chi connectivity index (χ3n) is 6.59. The van der Waals surface area contributed by atoms with Crippen LogP contribution in [-0.2, 0) is 0 Å². The minimum Gasteiger partial charge on any atom is -0.507 e. The lowest BCUT2D eigenvalue weighted by molar-refractivity contribution is 0.102. The zero-order valence-electron chi connectivity index (χ0n) is 23.7. The number of aromatic hydroxyl groups is 2. The van der Waals surface area contributed by atoms with Gasteiger partial charge in [-0.25, -0.2) is 4.39 Å². The summed E-state index contributed by atoms with van der Waals surface area (Å²) in [5.74, 6) is -0.324. The van der Waals surface area contributed by atoms with Crippen molar-refractivity contribution < 1.29 is 25.1 Å². The summed E-state index contributed by atoms with van der Waals surface area (Å²) in [6.07, 6.45) is 6.80. The first-order valence-electron chi connectivity index (χ1n) is 12.6. The van der Waals surface area contributed by atoms with E-state index in [1.807, 2.05) is 0 Å². The Kier molecular flexibility index (Phi) is 15.4. The molecule has 0 saturated carbocycles. The molecule has 2 aromatic carbocycles. The van der Waals surface area contributed by atoms with Gasteiger partial charge in [-0.15, -0.1) is 12.4 Å². The number of rotatable bonds is 6. The molecule has 0 aliphatic carbocycles. The number of nitrogens with one attached hydrogen (secondary N) is 2. The molecule has 1 amide bonds. The van der Waals surface area contributed by atoms with E-state index in [1.54, 1.807) is 6.07 Å². The molecule has 242 valence electrons. The first-order chi connectivity index (χ1) is 18.0. The van der Waals surface area contributed by atoms with Gasteiger partial charge < -0.3 is 55.2 Å². The molecule has 0 bridgehead atoms. The Balaban J connectivity index is -0.000000623. The minimum absolute atomic E-state index is 0. The highest BCUT2D eigenvalue weighted by Gasteiger charge is 2.21. The molecule has 0 spiro atoms. The van der Waals surface area contributed by atoms with E-state index in [0.717, 1.165) is 70.1 Å². The van der Waals surface area contributed by atoms with E-state index in [2.05, 4.69) is 30.4 Å². The number of phenols is 2. The Morgan fingerprint density at radius 3 is 1.83 bits per heavy atom. The second-order valence-electron chi connectivity index (χ2n) is 9.33. The average Bonchev–Trinajstić information content (AvgIpc) is 2.92. The van der Waals surface area contributed by atoms with Crippen molar-refractivity contribution in [1.82, 2.24) is 39.6 Å².